The van der Waals surface area contributed by atoms with Crippen LogP contribution in [-0.4, -0.2) is 23.7 Å². The zero-order valence-electron chi connectivity index (χ0n) is 5.24. The molecule has 0 bridgehead atoms. The van der Waals surface area contributed by atoms with Crippen molar-refractivity contribution < 1.29 is 9.66 Å². The van der Waals surface area contributed by atoms with Crippen LogP contribution in [0, 0.1) is 10.1 Å². The van der Waals surface area contributed by atoms with Crippen LogP contribution < -0.4 is 0 Å². The van der Waals surface area contributed by atoms with Gasteiger partial charge in [-0.2, -0.15) is 0 Å². The molecule has 0 aromatic carbocycles. The Balaban J connectivity index is 2.12. The highest BCUT2D eigenvalue weighted by Crippen LogP contribution is 2.24. The van der Waals surface area contributed by atoms with E-state index >= 15 is 0 Å². The smallest absolute Gasteiger partial charge is 0.232 e. The molecule has 0 saturated carbocycles. The predicted octanol–water partition coefficient (Wildman–Crippen LogP) is 0.440. The molecule has 4 nitrogen and oxygen atoms in total. The van der Waals surface area contributed by atoms with Crippen molar-refractivity contribution in [1.29, 1.82) is 0 Å². The number of epoxide rings is 1. The second-order valence-corrected chi connectivity index (χ2v) is 2.14. The summed E-state index contributed by atoms with van der Waals surface area (Å²) in [5.41, 5.74) is 0. The van der Waals surface area contributed by atoms with Crippen molar-refractivity contribution in [2.75, 3.05) is 6.54 Å². The lowest BCUT2D eigenvalue weighted by Crippen LogP contribution is -2.09. The van der Waals surface area contributed by atoms with E-state index in [4.69, 9.17) is 4.74 Å². The fraction of sp³-hybridized carbons (Fsp3) is 1.00. The first-order chi connectivity index (χ1) is 4.24. The normalized spacial score (nSPS) is 32.1. The van der Waals surface area contributed by atoms with Gasteiger partial charge in [-0.15, -0.1) is 0 Å². The molecule has 0 spiro atoms. The summed E-state index contributed by atoms with van der Waals surface area (Å²) >= 11 is 0. The van der Waals surface area contributed by atoms with Gasteiger partial charge in [0, 0.05) is 4.92 Å². The SMILES string of the molecule is CCC1OC1C[N+](=O)[O-]. The fourth-order valence-electron chi connectivity index (χ4n) is 0.846. The van der Waals surface area contributed by atoms with Crippen LogP contribution in [0.15, 0.2) is 0 Å². The van der Waals surface area contributed by atoms with Gasteiger partial charge in [0.15, 0.2) is 0 Å². The molecule has 0 radical (unpaired) electrons. The molecule has 1 aliphatic rings. The molecular formula is C5H9NO3. The Morgan fingerprint density at radius 1 is 1.67 bits per heavy atom. The van der Waals surface area contributed by atoms with Crippen molar-refractivity contribution in [2.45, 2.75) is 25.6 Å². The molecule has 0 aliphatic carbocycles. The Morgan fingerprint density at radius 2 is 2.33 bits per heavy atom. The maximum absolute atomic E-state index is 9.84. The minimum absolute atomic E-state index is 0.0293. The number of ether oxygens (including phenoxy) is 1. The maximum Gasteiger partial charge on any atom is 0.232 e. The van der Waals surface area contributed by atoms with Crippen LogP contribution in [0.5, 0.6) is 0 Å². The molecule has 0 aromatic heterocycles. The third kappa shape index (κ3) is 1.64. The summed E-state index contributed by atoms with van der Waals surface area (Å²) in [6.45, 7) is 1.93. The van der Waals surface area contributed by atoms with E-state index in [0.29, 0.717) is 0 Å². The van der Waals surface area contributed by atoms with Gasteiger partial charge in [-0.3, -0.25) is 10.1 Å². The Kier molecular flexibility index (Phi) is 1.66. The highest BCUT2D eigenvalue weighted by molar-refractivity contribution is 4.82. The molecule has 0 aromatic rings. The van der Waals surface area contributed by atoms with Crippen molar-refractivity contribution in [1.82, 2.24) is 0 Å². The number of nitrogens with zero attached hydrogens (tertiary/aromatic N) is 1. The number of hydrogen-bond donors (Lipinski definition) is 0. The minimum atomic E-state index is -0.333. The van der Waals surface area contributed by atoms with Crippen LogP contribution in [0.1, 0.15) is 13.3 Å². The molecule has 1 saturated heterocycles. The van der Waals surface area contributed by atoms with E-state index < -0.39 is 0 Å². The van der Waals surface area contributed by atoms with E-state index in [0.717, 1.165) is 6.42 Å². The van der Waals surface area contributed by atoms with Crippen LogP contribution in [0.4, 0.5) is 0 Å². The number of hydrogen-bond acceptors (Lipinski definition) is 3. The maximum atomic E-state index is 9.84. The topological polar surface area (TPSA) is 55.7 Å². The van der Waals surface area contributed by atoms with E-state index in [1.165, 1.54) is 0 Å². The van der Waals surface area contributed by atoms with Crippen LogP contribution in [0.3, 0.4) is 0 Å². The molecular weight excluding hydrogens is 122 g/mol. The second-order valence-electron chi connectivity index (χ2n) is 2.14. The largest absolute Gasteiger partial charge is 0.362 e. The summed E-state index contributed by atoms with van der Waals surface area (Å²) in [6, 6.07) is 0. The van der Waals surface area contributed by atoms with Crippen LogP contribution in [0.25, 0.3) is 0 Å². The highest BCUT2D eigenvalue weighted by atomic mass is 16.6. The molecule has 2 atom stereocenters. The van der Waals surface area contributed by atoms with Crippen LogP contribution in [0.2, 0.25) is 0 Å². The van der Waals surface area contributed by atoms with Gasteiger partial charge in [0.05, 0.1) is 6.10 Å². The van der Waals surface area contributed by atoms with E-state index in [-0.39, 0.29) is 23.7 Å². The molecule has 1 fully saturated rings. The number of nitro groups is 1. The zero-order valence-corrected chi connectivity index (χ0v) is 5.24. The zero-order chi connectivity index (χ0) is 6.85. The van der Waals surface area contributed by atoms with E-state index in [1.807, 2.05) is 6.92 Å². The minimum Gasteiger partial charge on any atom is -0.362 e. The molecule has 4 heteroatoms. The van der Waals surface area contributed by atoms with E-state index in [9.17, 15) is 10.1 Å². The van der Waals surface area contributed by atoms with Crippen LogP contribution >= 0.6 is 0 Å². The average Bonchev–Trinajstić information content (AvgIpc) is 2.45. The number of rotatable bonds is 3. The predicted molar refractivity (Wildman–Crippen MR) is 30.8 cm³/mol. The Morgan fingerprint density at radius 3 is 2.67 bits per heavy atom. The summed E-state index contributed by atoms with van der Waals surface area (Å²) in [5, 5.41) is 9.84. The summed E-state index contributed by atoms with van der Waals surface area (Å²) in [4.78, 5) is 9.50. The van der Waals surface area contributed by atoms with Gasteiger partial charge >= 0.3 is 0 Å². The highest BCUT2D eigenvalue weighted by Gasteiger charge is 2.40. The van der Waals surface area contributed by atoms with Crippen LogP contribution in [-0.2, 0) is 4.74 Å². The summed E-state index contributed by atoms with van der Waals surface area (Å²) in [6.07, 6.45) is 0.957. The van der Waals surface area contributed by atoms with Gasteiger partial charge < -0.3 is 4.74 Å². The van der Waals surface area contributed by atoms with Gasteiger partial charge in [0.25, 0.3) is 0 Å². The molecule has 1 rings (SSSR count). The first-order valence-electron chi connectivity index (χ1n) is 3.01. The van der Waals surface area contributed by atoms with Gasteiger partial charge in [0.1, 0.15) is 6.10 Å². The molecule has 0 N–H and O–H groups in total. The monoisotopic (exact) mass is 131 g/mol. The summed E-state index contributed by atoms with van der Waals surface area (Å²) in [5.74, 6) is 0. The standard InChI is InChI=1S/C5H9NO3/c1-2-4-5(9-4)3-6(7)8/h4-5H,2-3H2,1H3. The molecule has 1 aliphatic heterocycles. The van der Waals surface area contributed by atoms with Crippen molar-refractivity contribution in [3.05, 3.63) is 10.1 Å². The van der Waals surface area contributed by atoms with Crippen molar-refractivity contribution >= 4 is 0 Å². The van der Waals surface area contributed by atoms with Crippen molar-refractivity contribution in [2.24, 2.45) is 0 Å². The molecule has 0 amide bonds. The van der Waals surface area contributed by atoms with Gasteiger partial charge in [-0.25, -0.2) is 0 Å². The van der Waals surface area contributed by atoms with Gasteiger partial charge in [-0.1, -0.05) is 6.92 Å². The summed E-state index contributed by atoms with van der Waals surface area (Å²) in [7, 11) is 0. The van der Waals surface area contributed by atoms with E-state index in [1.54, 1.807) is 0 Å². The molecule has 9 heavy (non-hydrogen) atoms. The van der Waals surface area contributed by atoms with Crippen molar-refractivity contribution in [3.8, 4) is 0 Å². The molecule has 52 valence electrons. The Bertz CT molecular complexity index is 125. The lowest BCUT2D eigenvalue weighted by atomic mass is 10.3. The van der Waals surface area contributed by atoms with Gasteiger partial charge in [-0.05, 0) is 6.42 Å². The third-order valence-corrected chi connectivity index (χ3v) is 1.42. The summed E-state index contributed by atoms with van der Waals surface area (Å²) < 4.78 is 4.94. The lowest BCUT2D eigenvalue weighted by molar-refractivity contribution is -0.481. The fourth-order valence-corrected chi connectivity index (χ4v) is 0.846. The Labute approximate surface area is 53.0 Å². The first kappa shape index (κ1) is 6.48. The lowest BCUT2D eigenvalue weighted by Gasteiger charge is -1.83. The first-order valence-corrected chi connectivity index (χ1v) is 3.01. The molecule has 2 unspecified atom stereocenters. The second kappa shape index (κ2) is 2.31. The van der Waals surface area contributed by atoms with Gasteiger partial charge in [0.2, 0.25) is 6.54 Å². The van der Waals surface area contributed by atoms with Crippen molar-refractivity contribution in [3.63, 3.8) is 0 Å². The molecule has 1 heterocycles. The third-order valence-electron chi connectivity index (χ3n) is 1.42. The Hall–Kier alpha value is -0.640. The van der Waals surface area contributed by atoms with E-state index in [2.05, 4.69) is 0 Å². The average molecular weight is 131 g/mol. The quantitative estimate of drug-likeness (QED) is 0.317.